The van der Waals surface area contributed by atoms with E-state index in [1.807, 2.05) is 0 Å². The molecular formula is C22H20FN3O6. The van der Waals surface area contributed by atoms with Gasteiger partial charge < -0.3 is 19.8 Å². The van der Waals surface area contributed by atoms with Crippen LogP contribution < -0.4 is 5.56 Å². The van der Waals surface area contributed by atoms with Crippen molar-refractivity contribution in [2.24, 2.45) is 0 Å². The number of hydrogen-bond acceptors (Lipinski definition) is 6. The van der Waals surface area contributed by atoms with Crippen LogP contribution in [0.4, 0.5) is 4.39 Å². The van der Waals surface area contributed by atoms with Gasteiger partial charge in [-0.3, -0.25) is 19.1 Å². The monoisotopic (exact) mass is 441 g/mol. The van der Waals surface area contributed by atoms with Crippen LogP contribution in [0.2, 0.25) is 0 Å². The zero-order valence-corrected chi connectivity index (χ0v) is 17.0. The lowest BCUT2D eigenvalue weighted by Gasteiger charge is -2.27. The Morgan fingerprint density at radius 1 is 1.12 bits per heavy atom. The first-order chi connectivity index (χ1) is 15.3. The van der Waals surface area contributed by atoms with E-state index in [0.717, 1.165) is 10.1 Å². The van der Waals surface area contributed by atoms with Gasteiger partial charge in [-0.2, -0.15) is 0 Å². The standard InChI is InChI=1S/C22H20FN3O6/c23-15-3-1-13(2-4-15)9-14-10-16-19(24-11-14)20(28)18(22(30)31)21(29)26(16)12-17(27)25-5-7-32-8-6-25/h1-4,10-11,28H,5-9,12H2,(H,30,31). The van der Waals surface area contributed by atoms with Crippen LogP contribution in [0.25, 0.3) is 11.0 Å². The molecule has 2 N–H and O–H groups in total. The number of fused-ring (bicyclic) bond motifs is 1. The van der Waals surface area contributed by atoms with Crippen LogP contribution in [0.15, 0.2) is 41.3 Å². The van der Waals surface area contributed by atoms with Crippen molar-refractivity contribution in [1.82, 2.24) is 14.5 Å². The van der Waals surface area contributed by atoms with E-state index >= 15 is 0 Å². The Bertz CT molecular complexity index is 1250. The summed E-state index contributed by atoms with van der Waals surface area (Å²) in [4.78, 5) is 43.0. The topological polar surface area (TPSA) is 122 Å². The highest BCUT2D eigenvalue weighted by Crippen LogP contribution is 2.26. The molecule has 1 aliphatic heterocycles. The van der Waals surface area contributed by atoms with Gasteiger partial charge in [-0.05, 0) is 35.7 Å². The van der Waals surface area contributed by atoms with Gasteiger partial charge in [-0.15, -0.1) is 0 Å². The van der Waals surface area contributed by atoms with Crippen molar-refractivity contribution >= 4 is 22.9 Å². The number of aromatic hydroxyl groups is 1. The van der Waals surface area contributed by atoms with Crippen LogP contribution in [-0.2, 0) is 22.5 Å². The molecule has 0 saturated carbocycles. The van der Waals surface area contributed by atoms with Crippen molar-refractivity contribution in [3.8, 4) is 5.75 Å². The fraction of sp³-hybridized carbons (Fsp3) is 0.273. The second kappa shape index (κ2) is 8.75. The Labute approximate surface area is 181 Å². The second-order valence-corrected chi connectivity index (χ2v) is 7.43. The number of ether oxygens (including phenoxy) is 1. The maximum absolute atomic E-state index is 13.2. The molecule has 0 atom stereocenters. The summed E-state index contributed by atoms with van der Waals surface area (Å²) in [7, 11) is 0. The van der Waals surface area contributed by atoms with Crippen LogP contribution in [0.3, 0.4) is 0 Å². The molecule has 4 rings (SSSR count). The first-order valence-corrected chi connectivity index (χ1v) is 9.93. The van der Waals surface area contributed by atoms with E-state index < -0.39 is 29.4 Å². The number of halogens is 1. The Hall–Kier alpha value is -3.79. The molecule has 1 amide bonds. The number of carboxylic acids is 1. The van der Waals surface area contributed by atoms with Gasteiger partial charge in [0.1, 0.15) is 17.9 Å². The van der Waals surface area contributed by atoms with E-state index in [1.165, 1.54) is 23.2 Å². The Morgan fingerprint density at radius 3 is 2.47 bits per heavy atom. The highest BCUT2D eigenvalue weighted by molar-refractivity contribution is 5.97. The predicted molar refractivity (Wildman–Crippen MR) is 111 cm³/mol. The molecular weight excluding hydrogens is 421 g/mol. The molecule has 9 nitrogen and oxygen atoms in total. The molecule has 32 heavy (non-hydrogen) atoms. The molecule has 0 radical (unpaired) electrons. The third kappa shape index (κ3) is 4.17. The minimum Gasteiger partial charge on any atom is -0.505 e. The molecule has 3 heterocycles. The number of hydrogen-bond donors (Lipinski definition) is 2. The maximum Gasteiger partial charge on any atom is 0.345 e. The summed E-state index contributed by atoms with van der Waals surface area (Å²) in [5.41, 5.74) is -0.370. The van der Waals surface area contributed by atoms with E-state index in [9.17, 15) is 29.0 Å². The molecule has 1 aliphatic rings. The van der Waals surface area contributed by atoms with Crippen LogP contribution in [0, 0.1) is 5.82 Å². The Kier molecular flexibility index (Phi) is 5.87. The van der Waals surface area contributed by atoms with Crippen molar-refractivity contribution in [3.63, 3.8) is 0 Å². The molecule has 0 aliphatic carbocycles. The Morgan fingerprint density at radius 2 is 1.81 bits per heavy atom. The van der Waals surface area contributed by atoms with Gasteiger partial charge in [0.15, 0.2) is 11.3 Å². The number of carbonyl (C=O) groups is 2. The average Bonchev–Trinajstić information content (AvgIpc) is 2.78. The second-order valence-electron chi connectivity index (χ2n) is 7.43. The molecule has 1 saturated heterocycles. The van der Waals surface area contributed by atoms with Gasteiger partial charge in [0.05, 0.1) is 18.7 Å². The number of morpholine rings is 1. The molecule has 0 bridgehead atoms. The first-order valence-electron chi connectivity index (χ1n) is 9.93. The summed E-state index contributed by atoms with van der Waals surface area (Å²) in [5, 5.41) is 19.9. The molecule has 0 spiro atoms. The molecule has 10 heteroatoms. The number of amides is 1. The van der Waals surface area contributed by atoms with E-state index in [1.54, 1.807) is 18.2 Å². The number of carboxylic acid groups (broad SMARTS) is 1. The van der Waals surface area contributed by atoms with Crippen molar-refractivity contribution in [2.45, 2.75) is 13.0 Å². The summed E-state index contributed by atoms with van der Waals surface area (Å²) in [6.07, 6.45) is 1.80. The third-order valence-electron chi connectivity index (χ3n) is 5.33. The van der Waals surface area contributed by atoms with E-state index in [0.29, 0.717) is 38.3 Å². The summed E-state index contributed by atoms with van der Waals surface area (Å²) in [6.45, 7) is 1.08. The molecule has 1 fully saturated rings. The molecule has 2 aromatic heterocycles. The first kappa shape index (κ1) is 21.4. The lowest BCUT2D eigenvalue weighted by molar-refractivity contribution is -0.135. The summed E-state index contributed by atoms with van der Waals surface area (Å²) in [5.74, 6) is -3.10. The van der Waals surface area contributed by atoms with Crippen molar-refractivity contribution in [3.05, 3.63) is 69.4 Å². The SMILES string of the molecule is O=C(O)c1c(O)c2ncc(Cc3ccc(F)cc3)cc2n(CC(=O)N2CCOCC2)c1=O. The Balaban J connectivity index is 1.80. The molecule has 3 aromatic rings. The van der Waals surface area contributed by atoms with Crippen LogP contribution in [0.1, 0.15) is 21.5 Å². The fourth-order valence-corrected chi connectivity index (χ4v) is 3.68. The summed E-state index contributed by atoms with van der Waals surface area (Å²) in [6, 6.07) is 7.45. The van der Waals surface area contributed by atoms with Crippen molar-refractivity contribution in [1.29, 1.82) is 0 Å². The maximum atomic E-state index is 13.2. The number of rotatable bonds is 5. The predicted octanol–water partition coefficient (Wildman–Crippen LogP) is 1.39. The normalized spacial score (nSPS) is 14.0. The number of carbonyl (C=O) groups excluding carboxylic acids is 1. The minimum atomic E-state index is -1.61. The number of aromatic nitrogens is 2. The average molecular weight is 441 g/mol. The number of benzene rings is 1. The van der Waals surface area contributed by atoms with E-state index in [-0.39, 0.29) is 22.8 Å². The highest BCUT2D eigenvalue weighted by atomic mass is 19.1. The molecule has 0 unspecified atom stereocenters. The summed E-state index contributed by atoms with van der Waals surface area (Å²) < 4.78 is 19.4. The lowest BCUT2D eigenvalue weighted by atomic mass is 10.1. The van der Waals surface area contributed by atoms with Crippen LogP contribution in [0.5, 0.6) is 5.75 Å². The van der Waals surface area contributed by atoms with Gasteiger partial charge in [0, 0.05) is 19.3 Å². The van der Waals surface area contributed by atoms with Gasteiger partial charge in [-0.25, -0.2) is 9.18 Å². The fourth-order valence-electron chi connectivity index (χ4n) is 3.68. The van der Waals surface area contributed by atoms with Crippen LogP contribution in [-0.4, -0.2) is 62.8 Å². The smallest absolute Gasteiger partial charge is 0.345 e. The van der Waals surface area contributed by atoms with E-state index in [4.69, 9.17) is 4.74 Å². The van der Waals surface area contributed by atoms with Crippen LogP contribution >= 0.6 is 0 Å². The van der Waals surface area contributed by atoms with Crippen molar-refractivity contribution < 1.29 is 28.9 Å². The zero-order valence-electron chi connectivity index (χ0n) is 17.0. The lowest BCUT2D eigenvalue weighted by Crippen LogP contribution is -2.43. The minimum absolute atomic E-state index is 0.0976. The van der Waals surface area contributed by atoms with Gasteiger partial charge in [0.25, 0.3) is 5.56 Å². The molecule has 1 aromatic carbocycles. The van der Waals surface area contributed by atoms with E-state index in [2.05, 4.69) is 4.98 Å². The molecule has 166 valence electrons. The van der Waals surface area contributed by atoms with Gasteiger partial charge in [-0.1, -0.05) is 12.1 Å². The largest absolute Gasteiger partial charge is 0.505 e. The number of aromatic carboxylic acids is 1. The highest BCUT2D eigenvalue weighted by Gasteiger charge is 2.25. The third-order valence-corrected chi connectivity index (χ3v) is 5.33. The number of pyridine rings is 2. The van der Waals surface area contributed by atoms with Crippen molar-refractivity contribution in [2.75, 3.05) is 26.3 Å². The summed E-state index contributed by atoms with van der Waals surface area (Å²) >= 11 is 0. The zero-order chi connectivity index (χ0) is 22.8. The van der Waals surface area contributed by atoms with Gasteiger partial charge in [0.2, 0.25) is 5.91 Å². The van der Waals surface area contributed by atoms with Gasteiger partial charge >= 0.3 is 5.97 Å². The number of nitrogens with zero attached hydrogens (tertiary/aromatic N) is 3. The quantitative estimate of drug-likeness (QED) is 0.614.